The molecule has 150 valence electrons. The van der Waals surface area contributed by atoms with Crippen LogP contribution in [0.3, 0.4) is 0 Å². The van der Waals surface area contributed by atoms with Crippen molar-refractivity contribution in [2.24, 2.45) is 5.41 Å². The Morgan fingerprint density at radius 2 is 1.89 bits per heavy atom. The topological polar surface area (TPSA) is 89.9 Å². The normalized spacial score (nSPS) is 14.7. The number of aliphatic carboxylic acids is 1. The summed E-state index contributed by atoms with van der Waals surface area (Å²) in [6.07, 6.45) is 1.53. The maximum absolute atomic E-state index is 12.7. The number of amides is 1. The van der Waals surface area contributed by atoms with Crippen LogP contribution < -0.4 is 5.32 Å². The van der Waals surface area contributed by atoms with E-state index in [1.807, 2.05) is 26.0 Å². The highest BCUT2D eigenvalue weighted by atomic mass is 35.5. The number of likely N-dealkylation sites (N-methyl/N-ethyl adjacent to an activating group) is 1. The largest absolute Gasteiger partial charge is 0.506 e. The predicted molar refractivity (Wildman–Crippen MR) is 110 cm³/mol. The van der Waals surface area contributed by atoms with Gasteiger partial charge in [0.25, 0.3) is 5.91 Å². The maximum Gasteiger partial charge on any atom is 0.310 e. The van der Waals surface area contributed by atoms with Crippen LogP contribution in [0.5, 0.6) is 0 Å². The Balaban J connectivity index is 2.46. The van der Waals surface area contributed by atoms with E-state index in [0.29, 0.717) is 5.02 Å². The number of allylic oxidation sites excluding steroid dienone is 3. The number of carbonyl (C=O) groups excluding carboxylic acids is 1. The van der Waals surface area contributed by atoms with Crippen molar-refractivity contribution in [2.75, 3.05) is 13.6 Å². The molecular weight excluding hydrogens is 380 g/mol. The fourth-order valence-corrected chi connectivity index (χ4v) is 3.14. The van der Waals surface area contributed by atoms with Gasteiger partial charge >= 0.3 is 5.97 Å². The van der Waals surface area contributed by atoms with E-state index in [0.717, 1.165) is 22.4 Å². The van der Waals surface area contributed by atoms with Gasteiger partial charge in [-0.05, 0) is 51.5 Å². The Morgan fingerprint density at radius 3 is 2.43 bits per heavy atom. The van der Waals surface area contributed by atoms with E-state index in [-0.39, 0.29) is 18.0 Å². The summed E-state index contributed by atoms with van der Waals surface area (Å²) < 4.78 is 0. The van der Waals surface area contributed by atoms with Crippen molar-refractivity contribution in [3.05, 3.63) is 63.7 Å². The van der Waals surface area contributed by atoms with E-state index in [1.165, 1.54) is 19.9 Å². The van der Waals surface area contributed by atoms with E-state index in [1.54, 1.807) is 24.1 Å². The number of hydrogen-bond donors (Lipinski definition) is 3. The lowest BCUT2D eigenvalue weighted by atomic mass is 9.93. The number of carboxylic acids is 1. The van der Waals surface area contributed by atoms with E-state index in [2.05, 4.69) is 5.32 Å². The SMILES string of the molecule is CC(C)=C1C(c2cccc(Cl)c2)=CC(O)=C(C(=O)NCC(C)(C)C(=O)O)N1C. The highest BCUT2D eigenvalue weighted by Crippen LogP contribution is 2.36. The summed E-state index contributed by atoms with van der Waals surface area (Å²) in [6, 6.07) is 7.25. The molecule has 0 spiro atoms. The van der Waals surface area contributed by atoms with Gasteiger partial charge in [0.15, 0.2) is 0 Å². The number of halogens is 1. The van der Waals surface area contributed by atoms with Crippen molar-refractivity contribution in [2.45, 2.75) is 27.7 Å². The fraction of sp³-hybridized carbons (Fsp3) is 0.333. The number of benzene rings is 1. The first-order valence-corrected chi connectivity index (χ1v) is 9.17. The summed E-state index contributed by atoms with van der Waals surface area (Å²) in [4.78, 5) is 25.6. The van der Waals surface area contributed by atoms with Crippen molar-refractivity contribution in [3.63, 3.8) is 0 Å². The number of aliphatic hydroxyl groups excluding tert-OH is 1. The fourth-order valence-electron chi connectivity index (χ4n) is 2.95. The molecule has 0 radical (unpaired) electrons. The quantitative estimate of drug-likeness (QED) is 0.691. The highest BCUT2D eigenvalue weighted by Gasteiger charge is 2.32. The van der Waals surface area contributed by atoms with Gasteiger partial charge in [0.2, 0.25) is 0 Å². The molecule has 0 saturated heterocycles. The Bertz CT molecular complexity index is 909. The zero-order chi connectivity index (χ0) is 21.2. The van der Waals surface area contributed by atoms with Crippen molar-refractivity contribution in [1.82, 2.24) is 10.2 Å². The molecule has 2 rings (SSSR count). The first-order valence-electron chi connectivity index (χ1n) is 8.79. The van der Waals surface area contributed by atoms with Crippen LogP contribution in [-0.2, 0) is 9.59 Å². The van der Waals surface area contributed by atoms with Gasteiger partial charge in [0.05, 0.1) is 5.41 Å². The molecule has 0 bridgehead atoms. The van der Waals surface area contributed by atoms with E-state index in [4.69, 9.17) is 11.6 Å². The number of aliphatic hydroxyl groups is 1. The van der Waals surface area contributed by atoms with Crippen molar-refractivity contribution in [3.8, 4) is 0 Å². The zero-order valence-corrected chi connectivity index (χ0v) is 17.4. The van der Waals surface area contributed by atoms with Crippen molar-refractivity contribution < 1.29 is 19.8 Å². The standard InChI is InChI=1S/C21H25ClN2O4/c1-12(2)17-15(13-7-6-8-14(22)9-13)10-16(25)18(24(17)5)19(26)23-11-21(3,4)20(27)28/h6-10,25H,11H2,1-5H3,(H,23,26)(H,27,28). The number of rotatable bonds is 5. The molecule has 1 amide bonds. The van der Waals surface area contributed by atoms with Gasteiger partial charge in [0.1, 0.15) is 11.5 Å². The molecule has 7 heteroatoms. The Hall–Kier alpha value is -2.73. The summed E-state index contributed by atoms with van der Waals surface area (Å²) in [5, 5.41) is 23.0. The summed E-state index contributed by atoms with van der Waals surface area (Å²) in [7, 11) is 1.69. The molecule has 0 aliphatic carbocycles. The Labute approximate surface area is 169 Å². The lowest BCUT2D eigenvalue weighted by Gasteiger charge is -2.32. The number of carbonyl (C=O) groups is 2. The first-order chi connectivity index (χ1) is 13.0. The van der Waals surface area contributed by atoms with Gasteiger partial charge < -0.3 is 20.4 Å². The molecule has 3 N–H and O–H groups in total. The molecule has 1 aliphatic heterocycles. The molecule has 0 unspecified atom stereocenters. The molecule has 1 aromatic rings. The second-order valence-electron chi connectivity index (χ2n) is 7.58. The highest BCUT2D eigenvalue weighted by molar-refractivity contribution is 6.30. The van der Waals surface area contributed by atoms with Gasteiger partial charge in [0, 0.05) is 29.9 Å². The Morgan fingerprint density at radius 1 is 1.25 bits per heavy atom. The summed E-state index contributed by atoms with van der Waals surface area (Å²) in [6.45, 7) is 6.80. The van der Waals surface area contributed by atoms with Gasteiger partial charge in [-0.2, -0.15) is 0 Å². The third-order valence-corrected chi connectivity index (χ3v) is 4.78. The molecule has 0 fully saturated rings. The van der Waals surface area contributed by atoms with Gasteiger partial charge in [-0.15, -0.1) is 0 Å². The molecule has 1 heterocycles. The van der Waals surface area contributed by atoms with E-state index < -0.39 is 17.3 Å². The number of carboxylic acid groups (broad SMARTS) is 1. The van der Waals surface area contributed by atoms with Gasteiger partial charge in [-0.25, -0.2) is 0 Å². The number of nitrogens with zero attached hydrogens (tertiary/aromatic N) is 1. The van der Waals surface area contributed by atoms with Crippen LogP contribution in [0.15, 0.2) is 53.1 Å². The summed E-state index contributed by atoms with van der Waals surface area (Å²) >= 11 is 6.11. The average Bonchev–Trinajstić information content (AvgIpc) is 2.59. The van der Waals surface area contributed by atoms with Gasteiger partial charge in [-0.3, -0.25) is 9.59 Å². The van der Waals surface area contributed by atoms with Crippen molar-refractivity contribution in [1.29, 1.82) is 0 Å². The third-order valence-electron chi connectivity index (χ3n) is 4.54. The van der Waals surface area contributed by atoms with Gasteiger partial charge in [-0.1, -0.05) is 29.3 Å². The zero-order valence-electron chi connectivity index (χ0n) is 16.6. The van der Waals surface area contributed by atoms with Crippen LogP contribution >= 0.6 is 11.6 Å². The molecule has 6 nitrogen and oxygen atoms in total. The van der Waals surface area contributed by atoms with Crippen LogP contribution in [0.1, 0.15) is 33.3 Å². The average molecular weight is 405 g/mol. The molecular formula is C21H25ClN2O4. The molecule has 0 atom stereocenters. The monoisotopic (exact) mass is 404 g/mol. The van der Waals surface area contributed by atoms with Crippen LogP contribution in [0.4, 0.5) is 0 Å². The summed E-state index contributed by atoms with van der Waals surface area (Å²) in [5.74, 6) is -1.77. The molecule has 1 aliphatic rings. The third kappa shape index (κ3) is 4.39. The van der Waals surface area contributed by atoms with Crippen LogP contribution in [0, 0.1) is 5.41 Å². The minimum absolute atomic E-state index is 0.0585. The number of hydrogen-bond acceptors (Lipinski definition) is 4. The lowest BCUT2D eigenvalue weighted by Crippen LogP contribution is -2.42. The first kappa shape index (κ1) is 21.6. The summed E-state index contributed by atoms with van der Waals surface area (Å²) in [5.41, 5.74) is 2.20. The van der Waals surface area contributed by atoms with Crippen LogP contribution in [-0.4, -0.2) is 40.6 Å². The van der Waals surface area contributed by atoms with Crippen LogP contribution in [0.25, 0.3) is 5.57 Å². The predicted octanol–water partition coefficient (Wildman–Crippen LogP) is 3.96. The molecule has 0 aromatic heterocycles. The number of nitrogens with one attached hydrogen (secondary N) is 1. The smallest absolute Gasteiger partial charge is 0.310 e. The van der Waals surface area contributed by atoms with Crippen molar-refractivity contribution >= 4 is 29.1 Å². The lowest BCUT2D eigenvalue weighted by molar-refractivity contribution is -0.146. The maximum atomic E-state index is 12.7. The minimum Gasteiger partial charge on any atom is -0.506 e. The second kappa shape index (κ2) is 8.10. The van der Waals surface area contributed by atoms with Crippen LogP contribution in [0.2, 0.25) is 5.02 Å². The second-order valence-corrected chi connectivity index (χ2v) is 8.02. The Kier molecular flexibility index (Phi) is 6.24. The molecule has 0 saturated carbocycles. The van der Waals surface area contributed by atoms with E-state index >= 15 is 0 Å². The van der Waals surface area contributed by atoms with E-state index in [9.17, 15) is 19.8 Å². The molecule has 1 aromatic carbocycles. The minimum atomic E-state index is -1.12. The molecule has 28 heavy (non-hydrogen) atoms.